The molecule has 3 aromatic rings. The van der Waals surface area contributed by atoms with Crippen LogP contribution in [0.5, 0.6) is 5.75 Å². The topological polar surface area (TPSA) is 86.3 Å². The predicted molar refractivity (Wildman–Crippen MR) is 131 cm³/mol. The van der Waals surface area contributed by atoms with Crippen LogP contribution >= 0.6 is 43.2 Å². The number of phenols is 1. The first-order valence-electron chi connectivity index (χ1n) is 9.81. The molecule has 0 bridgehead atoms. The third-order valence-corrected chi connectivity index (χ3v) is 7.41. The van der Waals surface area contributed by atoms with E-state index in [9.17, 15) is 20.0 Å². The van der Waals surface area contributed by atoms with Crippen LogP contribution in [0.3, 0.4) is 0 Å². The minimum Gasteiger partial charge on any atom is -0.506 e. The summed E-state index contributed by atoms with van der Waals surface area (Å²) in [7, 11) is 0. The number of thiazole rings is 1. The second-order valence-corrected chi connectivity index (χ2v) is 9.95. The van der Waals surface area contributed by atoms with Crippen molar-refractivity contribution < 1.29 is 9.90 Å². The van der Waals surface area contributed by atoms with Gasteiger partial charge in [0.2, 0.25) is 0 Å². The van der Waals surface area contributed by atoms with Crippen molar-refractivity contribution in [1.29, 1.82) is 5.26 Å². The summed E-state index contributed by atoms with van der Waals surface area (Å²) in [5, 5.41) is 19.8. The zero-order valence-electron chi connectivity index (χ0n) is 16.7. The molecule has 1 aliphatic heterocycles. The predicted octanol–water partition coefficient (Wildman–Crippen LogP) is 3.26. The lowest BCUT2D eigenvalue weighted by atomic mass is 10.2. The largest absolute Gasteiger partial charge is 0.506 e. The van der Waals surface area contributed by atoms with Gasteiger partial charge in [-0.05, 0) is 80.6 Å². The van der Waals surface area contributed by atoms with Gasteiger partial charge in [0, 0.05) is 13.1 Å². The lowest BCUT2D eigenvalue weighted by Crippen LogP contribution is -2.35. The van der Waals surface area contributed by atoms with Crippen LogP contribution in [0.1, 0.15) is 18.4 Å². The molecule has 2 aromatic carbocycles. The van der Waals surface area contributed by atoms with Crippen molar-refractivity contribution in [2.24, 2.45) is 0 Å². The summed E-state index contributed by atoms with van der Waals surface area (Å²) in [5.74, 6) is -0.287. The van der Waals surface area contributed by atoms with Crippen LogP contribution in [-0.2, 0) is 4.79 Å². The smallest absolute Gasteiger partial charge is 0.273 e. The third-order valence-electron chi connectivity index (χ3n) is 5.11. The number of benzene rings is 2. The van der Waals surface area contributed by atoms with Crippen molar-refractivity contribution >= 4 is 60.8 Å². The summed E-state index contributed by atoms with van der Waals surface area (Å²) in [6.07, 6.45) is 3.49. The molecule has 4 rings (SSSR count). The molecule has 9 heteroatoms. The molecule has 1 aromatic heterocycles. The number of rotatable bonds is 3. The van der Waals surface area contributed by atoms with Gasteiger partial charge < -0.3 is 10.0 Å². The summed E-state index contributed by atoms with van der Waals surface area (Å²) in [6.45, 7) is 1.22. The Morgan fingerprint density at radius 1 is 1.12 bits per heavy atom. The number of likely N-dealkylation sites (tertiary alicyclic amines) is 1. The lowest BCUT2D eigenvalue weighted by Gasteiger charge is -2.14. The van der Waals surface area contributed by atoms with E-state index in [1.54, 1.807) is 47.4 Å². The zero-order chi connectivity index (χ0) is 22.8. The Morgan fingerprint density at radius 2 is 1.75 bits per heavy atom. The molecule has 0 unspecified atom stereocenters. The van der Waals surface area contributed by atoms with Gasteiger partial charge in [-0.2, -0.15) is 5.26 Å². The summed E-state index contributed by atoms with van der Waals surface area (Å²) in [4.78, 5) is 28.2. The molecule has 1 aliphatic rings. The number of amides is 1. The van der Waals surface area contributed by atoms with Gasteiger partial charge in [0.15, 0.2) is 5.57 Å². The van der Waals surface area contributed by atoms with Gasteiger partial charge >= 0.3 is 0 Å². The minimum atomic E-state index is -0.349. The molecule has 0 atom stereocenters. The fourth-order valence-corrected chi connectivity index (χ4v) is 5.87. The summed E-state index contributed by atoms with van der Waals surface area (Å²) >= 11 is 7.70. The number of hydrogen-bond acceptors (Lipinski definition) is 5. The van der Waals surface area contributed by atoms with Crippen molar-refractivity contribution in [3.05, 3.63) is 76.5 Å². The molecule has 0 spiro atoms. The van der Waals surface area contributed by atoms with E-state index in [4.69, 9.17) is 0 Å². The molecule has 2 heterocycles. The van der Waals surface area contributed by atoms with Gasteiger partial charge in [0.1, 0.15) is 16.5 Å². The highest BCUT2D eigenvalue weighted by Crippen LogP contribution is 2.33. The Bertz CT molecular complexity index is 1390. The highest BCUT2D eigenvalue weighted by molar-refractivity contribution is 9.11. The second-order valence-electron chi connectivity index (χ2n) is 7.21. The molecule has 0 aliphatic carbocycles. The third kappa shape index (κ3) is 4.31. The standard InChI is InChI=1S/C23H17Br2N3O3S/c24-17-10-14(11-18(25)20(17)29)12-19-22(31)28(15-6-2-1-3-7-15)23(32-19)16(13-26)21(30)27-8-4-5-9-27/h1-3,6-7,10-12,29H,4-5,8-9H2/b19-12+,23-16+. The molecule has 0 radical (unpaired) electrons. The summed E-state index contributed by atoms with van der Waals surface area (Å²) in [6, 6.07) is 14.4. The Hall–Kier alpha value is -2.67. The molecular formula is C23H17Br2N3O3S. The summed E-state index contributed by atoms with van der Waals surface area (Å²) < 4.78 is 3.06. The maximum Gasteiger partial charge on any atom is 0.273 e. The van der Waals surface area contributed by atoms with Crippen molar-refractivity contribution in [3.63, 3.8) is 0 Å². The molecule has 1 N–H and O–H groups in total. The maximum atomic E-state index is 13.4. The number of carbonyl (C=O) groups excluding carboxylic acids is 1. The van der Waals surface area contributed by atoms with Crippen molar-refractivity contribution in [2.75, 3.05) is 13.1 Å². The Morgan fingerprint density at radius 3 is 2.34 bits per heavy atom. The number of carbonyl (C=O) groups is 1. The number of hydrogen-bond donors (Lipinski definition) is 1. The maximum absolute atomic E-state index is 13.4. The number of nitrogens with zero attached hydrogens (tertiary/aromatic N) is 3. The minimum absolute atomic E-state index is 0.0365. The molecule has 1 fully saturated rings. The second kappa shape index (κ2) is 9.45. The SMILES string of the molecule is N#C/C(C(=O)N1CCCC1)=c1\s/c(=C/c2cc(Br)c(O)c(Br)c2)c(=O)n1-c1ccccc1. The van der Waals surface area contributed by atoms with Gasteiger partial charge in [0.05, 0.1) is 19.2 Å². The first-order valence-corrected chi connectivity index (χ1v) is 12.2. The van der Waals surface area contributed by atoms with E-state index in [1.165, 1.54) is 4.57 Å². The number of aromatic nitrogens is 1. The average Bonchev–Trinajstić information content (AvgIpc) is 3.42. The van der Waals surface area contributed by atoms with E-state index in [1.807, 2.05) is 12.1 Å². The van der Waals surface area contributed by atoms with Crippen LogP contribution in [0.25, 0.3) is 17.3 Å². The highest BCUT2D eigenvalue weighted by atomic mass is 79.9. The van der Waals surface area contributed by atoms with Gasteiger partial charge in [0.25, 0.3) is 11.5 Å². The molecule has 1 amide bonds. The van der Waals surface area contributed by atoms with Crippen LogP contribution in [0, 0.1) is 11.3 Å². The van der Waals surface area contributed by atoms with E-state index in [2.05, 4.69) is 31.9 Å². The van der Waals surface area contributed by atoms with Crippen molar-refractivity contribution in [3.8, 4) is 17.5 Å². The van der Waals surface area contributed by atoms with E-state index in [-0.39, 0.29) is 22.8 Å². The Balaban J connectivity index is 2.01. The van der Waals surface area contributed by atoms with Crippen molar-refractivity contribution in [1.82, 2.24) is 9.47 Å². The van der Waals surface area contributed by atoms with E-state index >= 15 is 0 Å². The molecule has 162 valence electrons. The number of halogens is 2. The number of para-hydroxylation sites is 1. The fourth-order valence-electron chi connectivity index (χ4n) is 3.55. The Kier molecular flexibility index (Phi) is 6.65. The highest BCUT2D eigenvalue weighted by Gasteiger charge is 2.24. The fraction of sp³-hybridized carbons (Fsp3) is 0.174. The molecule has 0 saturated carbocycles. The number of aromatic hydroxyl groups is 1. The molecular weight excluding hydrogens is 558 g/mol. The van der Waals surface area contributed by atoms with Crippen molar-refractivity contribution in [2.45, 2.75) is 12.8 Å². The van der Waals surface area contributed by atoms with Gasteiger partial charge in [-0.3, -0.25) is 14.2 Å². The number of nitriles is 1. The van der Waals surface area contributed by atoms with E-state index in [0.717, 1.165) is 24.2 Å². The van der Waals surface area contributed by atoms with Gasteiger partial charge in [-0.25, -0.2) is 0 Å². The van der Waals surface area contributed by atoms with Crippen LogP contribution < -0.4 is 14.8 Å². The first-order chi connectivity index (χ1) is 15.4. The van der Waals surface area contributed by atoms with Crippen LogP contribution in [0.4, 0.5) is 0 Å². The van der Waals surface area contributed by atoms with E-state index < -0.39 is 0 Å². The molecule has 1 saturated heterocycles. The number of phenolic OH excluding ortho intramolecular Hbond substituents is 1. The monoisotopic (exact) mass is 573 g/mol. The molecule has 6 nitrogen and oxygen atoms in total. The first kappa shape index (κ1) is 22.5. The quantitative estimate of drug-likeness (QED) is 0.520. The van der Waals surface area contributed by atoms with Gasteiger partial charge in [-0.1, -0.05) is 18.2 Å². The normalized spacial score (nSPS) is 15.0. The summed E-state index contributed by atoms with van der Waals surface area (Å²) in [5.41, 5.74) is 0.901. The average molecular weight is 575 g/mol. The van der Waals surface area contributed by atoms with Crippen LogP contribution in [0.2, 0.25) is 0 Å². The molecule has 32 heavy (non-hydrogen) atoms. The van der Waals surface area contributed by atoms with Gasteiger partial charge in [-0.15, -0.1) is 11.3 Å². The lowest BCUT2D eigenvalue weighted by molar-refractivity contribution is -0.123. The van der Waals surface area contributed by atoms with Crippen LogP contribution in [0.15, 0.2) is 56.2 Å². The van der Waals surface area contributed by atoms with Crippen LogP contribution in [-0.4, -0.2) is 33.6 Å². The van der Waals surface area contributed by atoms with E-state index in [0.29, 0.717) is 42.5 Å². The zero-order valence-corrected chi connectivity index (χ0v) is 20.7. The Labute approximate surface area is 204 Å².